The summed E-state index contributed by atoms with van der Waals surface area (Å²) in [5, 5.41) is 2.90. The van der Waals surface area contributed by atoms with Gasteiger partial charge in [-0.25, -0.2) is 0 Å². The quantitative estimate of drug-likeness (QED) is 0.564. The normalized spacial score (nSPS) is 22.2. The first kappa shape index (κ1) is 18.5. The van der Waals surface area contributed by atoms with Gasteiger partial charge in [0.1, 0.15) is 0 Å². The maximum absolute atomic E-state index is 11.8. The van der Waals surface area contributed by atoms with Gasteiger partial charge >= 0.3 is 5.97 Å². The molecular weight excluding hydrogens is 288 g/mol. The minimum Gasteiger partial charge on any atom is -0.468 e. The van der Waals surface area contributed by atoms with E-state index < -0.39 is 0 Å². The van der Waals surface area contributed by atoms with Gasteiger partial charge in [-0.15, -0.1) is 24.2 Å². The lowest BCUT2D eigenvalue weighted by atomic mass is 9.85. The molecule has 0 heterocycles. The smallest absolute Gasteiger partial charge is 0.315 e. The standard InChI is InChI=1S/C12H22N2O3S.ClH/c1-17-11(15)8-18-6-5-14-12(16)9-3-2-4-10(13)7-9;/h9-10H,2-8,13H2,1H3,(H,14,16);1H. The van der Waals surface area contributed by atoms with Crippen LogP contribution < -0.4 is 11.1 Å². The highest BCUT2D eigenvalue weighted by atomic mass is 35.5. The highest BCUT2D eigenvalue weighted by Crippen LogP contribution is 2.22. The number of halogens is 1. The van der Waals surface area contributed by atoms with Crippen molar-refractivity contribution in [2.75, 3.05) is 25.2 Å². The zero-order valence-electron chi connectivity index (χ0n) is 11.2. The third kappa shape index (κ3) is 7.64. The van der Waals surface area contributed by atoms with Crippen LogP contribution >= 0.6 is 24.2 Å². The van der Waals surface area contributed by atoms with E-state index >= 15 is 0 Å². The van der Waals surface area contributed by atoms with Gasteiger partial charge in [0.05, 0.1) is 12.9 Å². The van der Waals surface area contributed by atoms with Crippen LogP contribution in [0.3, 0.4) is 0 Å². The fourth-order valence-corrected chi connectivity index (χ4v) is 2.75. The molecule has 19 heavy (non-hydrogen) atoms. The van der Waals surface area contributed by atoms with Crippen molar-refractivity contribution in [3.05, 3.63) is 0 Å². The number of carbonyl (C=O) groups excluding carboxylic acids is 2. The molecule has 1 amide bonds. The van der Waals surface area contributed by atoms with Crippen molar-refractivity contribution in [3.63, 3.8) is 0 Å². The fraction of sp³-hybridized carbons (Fsp3) is 0.833. The predicted octanol–water partition coefficient (Wildman–Crippen LogP) is 0.948. The second kappa shape index (κ2) is 10.3. The van der Waals surface area contributed by atoms with Gasteiger partial charge in [-0.3, -0.25) is 9.59 Å². The fourth-order valence-electron chi connectivity index (χ4n) is 2.07. The van der Waals surface area contributed by atoms with E-state index in [-0.39, 0.29) is 36.2 Å². The summed E-state index contributed by atoms with van der Waals surface area (Å²) in [4.78, 5) is 22.7. The van der Waals surface area contributed by atoms with E-state index in [0.29, 0.717) is 12.3 Å². The molecule has 0 aliphatic heterocycles. The van der Waals surface area contributed by atoms with Gasteiger partial charge in [-0.2, -0.15) is 0 Å². The molecule has 0 aromatic rings. The van der Waals surface area contributed by atoms with Crippen LogP contribution in [0.1, 0.15) is 25.7 Å². The van der Waals surface area contributed by atoms with Crippen molar-refractivity contribution in [1.29, 1.82) is 0 Å². The topological polar surface area (TPSA) is 81.4 Å². The Morgan fingerprint density at radius 1 is 1.42 bits per heavy atom. The molecule has 1 aliphatic carbocycles. The molecule has 2 atom stereocenters. The van der Waals surface area contributed by atoms with Gasteiger partial charge in [0.25, 0.3) is 0 Å². The average molecular weight is 311 g/mol. The Balaban J connectivity index is 0.00000324. The molecule has 1 rings (SSSR count). The Hall–Kier alpha value is -0.460. The lowest BCUT2D eigenvalue weighted by Gasteiger charge is -2.25. The van der Waals surface area contributed by atoms with Crippen molar-refractivity contribution in [2.24, 2.45) is 11.7 Å². The lowest BCUT2D eigenvalue weighted by molar-refractivity contribution is -0.137. The molecule has 0 bridgehead atoms. The second-order valence-electron chi connectivity index (χ2n) is 4.54. The van der Waals surface area contributed by atoms with Gasteiger partial charge in [-0.05, 0) is 19.3 Å². The molecular formula is C12H23ClN2O3S. The average Bonchev–Trinajstić information content (AvgIpc) is 2.37. The molecule has 0 aromatic heterocycles. The van der Waals surface area contributed by atoms with Crippen LogP contribution in [0, 0.1) is 5.92 Å². The number of hydrogen-bond acceptors (Lipinski definition) is 5. The summed E-state index contributed by atoms with van der Waals surface area (Å²) in [5.74, 6) is 0.994. The SMILES string of the molecule is COC(=O)CSCCNC(=O)C1CCCC(N)C1.Cl. The van der Waals surface area contributed by atoms with Gasteiger partial charge in [-0.1, -0.05) is 6.42 Å². The summed E-state index contributed by atoms with van der Waals surface area (Å²) in [5.41, 5.74) is 5.85. The molecule has 0 aromatic carbocycles. The predicted molar refractivity (Wildman–Crippen MR) is 79.5 cm³/mol. The molecule has 112 valence electrons. The summed E-state index contributed by atoms with van der Waals surface area (Å²) < 4.78 is 4.52. The highest BCUT2D eigenvalue weighted by molar-refractivity contribution is 7.99. The molecule has 0 saturated heterocycles. The number of amides is 1. The van der Waals surface area contributed by atoms with Crippen LogP contribution in [0.15, 0.2) is 0 Å². The Kier molecular flexibility index (Phi) is 10.1. The first-order valence-corrected chi connectivity index (χ1v) is 7.46. The number of carbonyl (C=O) groups is 2. The molecule has 3 N–H and O–H groups in total. The van der Waals surface area contributed by atoms with Gasteiger partial charge < -0.3 is 15.8 Å². The summed E-state index contributed by atoms with van der Waals surface area (Å²) in [6.07, 6.45) is 3.80. The lowest BCUT2D eigenvalue weighted by Crippen LogP contribution is -2.38. The van der Waals surface area contributed by atoms with E-state index in [1.807, 2.05) is 0 Å². The number of hydrogen-bond donors (Lipinski definition) is 2. The van der Waals surface area contributed by atoms with E-state index in [2.05, 4.69) is 10.1 Å². The molecule has 0 spiro atoms. The van der Waals surface area contributed by atoms with Gasteiger partial charge in [0.2, 0.25) is 5.91 Å². The summed E-state index contributed by atoms with van der Waals surface area (Å²) in [6.45, 7) is 0.590. The van der Waals surface area contributed by atoms with Gasteiger partial charge in [0, 0.05) is 24.3 Å². The Morgan fingerprint density at radius 2 is 2.16 bits per heavy atom. The van der Waals surface area contributed by atoms with Crippen molar-refractivity contribution < 1.29 is 14.3 Å². The maximum Gasteiger partial charge on any atom is 0.315 e. The van der Waals surface area contributed by atoms with Crippen LogP contribution in [0.4, 0.5) is 0 Å². The highest BCUT2D eigenvalue weighted by Gasteiger charge is 2.24. The molecule has 1 fully saturated rings. The minimum atomic E-state index is -0.232. The molecule has 1 saturated carbocycles. The van der Waals surface area contributed by atoms with E-state index in [1.54, 1.807) is 0 Å². The Bertz CT molecular complexity index is 292. The van der Waals surface area contributed by atoms with Crippen molar-refractivity contribution in [2.45, 2.75) is 31.7 Å². The molecule has 2 unspecified atom stereocenters. The van der Waals surface area contributed by atoms with E-state index in [0.717, 1.165) is 31.4 Å². The monoisotopic (exact) mass is 310 g/mol. The van der Waals surface area contributed by atoms with Crippen LogP contribution in [0.5, 0.6) is 0 Å². The third-order valence-corrected chi connectivity index (χ3v) is 4.01. The molecule has 5 nitrogen and oxygen atoms in total. The summed E-state index contributed by atoms with van der Waals surface area (Å²) in [6, 6.07) is 0.170. The van der Waals surface area contributed by atoms with E-state index in [4.69, 9.17) is 5.73 Å². The molecule has 7 heteroatoms. The maximum atomic E-state index is 11.8. The largest absolute Gasteiger partial charge is 0.468 e. The first-order valence-electron chi connectivity index (χ1n) is 6.31. The number of nitrogens with two attached hydrogens (primary N) is 1. The van der Waals surface area contributed by atoms with Crippen molar-refractivity contribution in [1.82, 2.24) is 5.32 Å². The summed E-state index contributed by atoms with van der Waals surface area (Å²) in [7, 11) is 1.37. The van der Waals surface area contributed by atoms with E-state index in [1.165, 1.54) is 18.9 Å². The molecule has 1 aliphatic rings. The Labute approximate surface area is 124 Å². The zero-order chi connectivity index (χ0) is 13.4. The van der Waals surface area contributed by atoms with Crippen LogP contribution in [0.2, 0.25) is 0 Å². The number of rotatable bonds is 6. The van der Waals surface area contributed by atoms with Crippen LogP contribution in [0.25, 0.3) is 0 Å². The number of methoxy groups -OCH3 is 1. The second-order valence-corrected chi connectivity index (χ2v) is 5.65. The van der Waals surface area contributed by atoms with Crippen molar-refractivity contribution in [3.8, 4) is 0 Å². The number of ether oxygens (including phenoxy) is 1. The zero-order valence-corrected chi connectivity index (χ0v) is 12.9. The first-order chi connectivity index (χ1) is 8.63. The van der Waals surface area contributed by atoms with E-state index in [9.17, 15) is 9.59 Å². The van der Waals surface area contributed by atoms with Crippen molar-refractivity contribution >= 4 is 36.0 Å². The minimum absolute atomic E-state index is 0. The van der Waals surface area contributed by atoms with Gasteiger partial charge in [0.15, 0.2) is 0 Å². The third-order valence-electron chi connectivity index (χ3n) is 3.08. The van der Waals surface area contributed by atoms with Crippen LogP contribution in [-0.2, 0) is 14.3 Å². The number of thioether (sulfide) groups is 1. The Morgan fingerprint density at radius 3 is 2.79 bits per heavy atom. The number of nitrogens with one attached hydrogen (secondary N) is 1. The molecule has 0 radical (unpaired) electrons. The van der Waals surface area contributed by atoms with Crippen LogP contribution in [-0.4, -0.2) is 43.1 Å². The number of esters is 1. The summed E-state index contributed by atoms with van der Waals surface area (Å²) >= 11 is 1.46.